The van der Waals surface area contributed by atoms with Gasteiger partial charge in [-0.1, -0.05) is 23.2 Å². The Morgan fingerprint density at radius 1 is 0.958 bits per heavy atom. The Balaban J connectivity index is 0.000000243. The second-order valence-corrected chi connectivity index (χ2v) is 4.99. The largest absolute Gasteiger partial charge is 0.465 e. The lowest BCUT2D eigenvalue weighted by molar-refractivity contribution is -0.0757. The zero-order chi connectivity index (χ0) is 18.1. The molecule has 0 N–H and O–H groups in total. The van der Waals surface area contributed by atoms with Gasteiger partial charge in [-0.15, -0.1) is 0 Å². The van der Waals surface area contributed by atoms with E-state index in [-0.39, 0.29) is 5.91 Å². The van der Waals surface area contributed by atoms with Crippen molar-refractivity contribution in [2.24, 2.45) is 0 Å². The molecule has 7 nitrogen and oxygen atoms in total. The quantitative estimate of drug-likeness (QED) is 0.468. The SMILES string of the molecule is COC(=O)c1ccc(Cl)nc1.CON(C)C(=O)c1ccc(Cl)nc1. The third-order valence-electron chi connectivity index (χ3n) is 2.68. The monoisotopic (exact) mass is 371 g/mol. The molecule has 0 spiro atoms. The Morgan fingerprint density at radius 2 is 1.46 bits per heavy atom. The van der Waals surface area contributed by atoms with Crippen LogP contribution >= 0.6 is 23.2 Å². The molecule has 0 aliphatic heterocycles. The van der Waals surface area contributed by atoms with Gasteiger partial charge in [0.15, 0.2) is 0 Å². The highest BCUT2D eigenvalue weighted by molar-refractivity contribution is 6.29. The number of esters is 1. The number of carbonyl (C=O) groups is 2. The molecule has 2 aromatic rings. The van der Waals surface area contributed by atoms with E-state index in [4.69, 9.17) is 28.0 Å². The standard InChI is InChI=1S/C8H9ClN2O2.C7H6ClNO2/c1-11(13-2)8(12)6-3-4-7(9)10-5-6;1-11-7(10)5-2-3-6(8)9-4-5/h3-5H,1-2H3;2-4H,1H3. The van der Waals surface area contributed by atoms with Gasteiger partial charge in [0.2, 0.25) is 0 Å². The second kappa shape index (κ2) is 9.82. The van der Waals surface area contributed by atoms with Crippen molar-refractivity contribution < 1.29 is 19.2 Å². The van der Waals surface area contributed by atoms with E-state index < -0.39 is 5.97 Å². The van der Waals surface area contributed by atoms with Crippen LogP contribution in [0, 0.1) is 0 Å². The molecule has 2 heterocycles. The molecule has 2 aromatic heterocycles. The Morgan fingerprint density at radius 3 is 1.83 bits per heavy atom. The average Bonchev–Trinajstić information content (AvgIpc) is 2.61. The third-order valence-corrected chi connectivity index (χ3v) is 3.13. The Kier molecular flexibility index (Phi) is 8.11. The van der Waals surface area contributed by atoms with Crippen LogP contribution in [0.3, 0.4) is 0 Å². The number of methoxy groups -OCH3 is 1. The normalized spacial score (nSPS) is 9.54. The van der Waals surface area contributed by atoms with Crippen molar-refractivity contribution in [2.45, 2.75) is 0 Å². The summed E-state index contributed by atoms with van der Waals surface area (Å²) in [5.74, 6) is -0.666. The zero-order valence-electron chi connectivity index (χ0n) is 13.2. The van der Waals surface area contributed by atoms with Gasteiger partial charge in [-0.25, -0.2) is 19.8 Å². The maximum Gasteiger partial charge on any atom is 0.339 e. The highest BCUT2D eigenvalue weighted by Crippen LogP contribution is 2.07. The molecule has 0 aliphatic rings. The Labute approximate surface area is 149 Å². The lowest BCUT2D eigenvalue weighted by Crippen LogP contribution is -2.25. The number of halogens is 2. The van der Waals surface area contributed by atoms with Gasteiger partial charge in [0.25, 0.3) is 5.91 Å². The van der Waals surface area contributed by atoms with Crippen molar-refractivity contribution in [1.29, 1.82) is 0 Å². The Bertz CT molecular complexity index is 678. The van der Waals surface area contributed by atoms with Crippen LogP contribution < -0.4 is 0 Å². The number of aromatic nitrogens is 2. The number of hydrogen-bond acceptors (Lipinski definition) is 6. The molecule has 0 unspecified atom stereocenters. The second-order valence-electron chi connectivity index (χ2n) is 4.22. The molecule has 0 fully saturated rings. The van der Waals surface area contributed by atoms with Gasteiger partial charge in [-0.2, -0.15) is 0 Å². The molecule has 0 saturated carbocycles. The topological polar surface area (TPSA) is 81.6 Å². The minimum Gasteiger partial charge on any atom is -0.465 e. The van der Waals surface area contributed by atoms with Crippen molar-refractivity contribution in [3.05, 3.63) is 58.1 Å². The summed E-state index contributed by atoms with van der Waals surface area (Å²) < 4.78 is 4.45. The van der Waals surface area contributed by atoms with Crippen LogP contribution in [0.5, 0.6) is 0 Å². The van der Waals surface area contributed by atoms with Crippen LogP contribution in [-0.4, -0.2) is 48.2 Å². The fourth-order valence-electron chi connectivity index (χ4n) is 1.38. The first-order chi connectivity index (χ1) is 11.4. The third kappa shape index (κ3) is 6.11. The lowest BCUT2D eigenvalue weighted by Gasteiger charge is -2.12. The lowest BCUT2D eigenvalue weighted by atomic mass is 10.3. The molecule has 24 heavy (non-hydrogen) atoms. The van der Waals surface area contributed by atoms with E-state index in [1.165, 1.54) is 39.7 Å². The number of rotatable bonds is 3. The molecule has 128 valence electrons. The molecule has 0 bridgehead atoms. The minimum atomic E-state index is -0.408. The fourth-order valence-corrected chi connectivity index (χ4v) is 1.61. The number of hydroxylamine groups is 2. The van der Waals surface area contributed by atoms with Gasteiger partial charge in [-0.3, -0.25) is 9.63 Å². The molecule has 0 atom stereocenters. The molecule has 0 aromatic carbocycles. The number of carbonyl (C=O) groups excluding carboxylic acids is 2. The van der Waals surface area contributed by atoms with E-state index in [9.17, 15) is 9.59 Å². The van der Waals surface area contributed by atoms with Gasteiger partial charge in [-0.05, 0) is 24.3 Å². The summed E-state index contributed by atoms with van der Waals surface area (Å²) in [4.78, 5) is 34.4. The molecule has 0 aliphatic carbocycles. The summed E-state index contributed by atoms with van der Waals surface area (Å²) in [6.45, 7) is 0. The number of hydrogen-bond donors (Lipinski definition) is 0. The predicted octanol–water partition coefficient (Wildman–Crippen LogP) is 2.89. The number of pyridine rings is 2. The van der Waals surface area contributed by atoms with Gasteiger partial charge < -0.3 is 4.74 Å². The van der Waals surface area contributed by atoms with Crippen molar-refractivity contribution in [3.63, 3.8) is 0 Å². The van der Waals surface area contributed by atoms with Crippen LogP contribution in [0.1, 0.15) is 20.7 Å². The van der Waals surface area contributed by atoms with E-state index in [1.807, 2.05) is 0 Å². The van der Waals surface area contributed by atoms with Crippen LogP contribution in [-0.2, 0) is 9.57 Å². The van der Waals surface area contributed by atoms with Gasteiger partial charge in [0.1, 0.15) is 10.3 Å². The maximum absolute atomic E-state index is 11.4. The van der Waals surface area contributed by atoms with Crippen molar-refractivity contribution >= 4 is 35.1 Å². The van der Waals surface area contributed by atoms with E-state index in [0.29, 0.717) is 21.4 Å². The van der Waals surface area contributed by atoms with Crippen molar-refractivity contribution in [1.82, 2.24) is 15.0 Å². The van der Waals surface area contributed by atoms with Crippen molar-refractivity contribution in [3.8, 4) is 0 Å². The van der Waals surface area contributed by atoms with Gasteiger partial charge in [0.05, 0.1) is 25.3 Å². The number of amides is 1. The summed E-state index contributed by atoms with van der Waals surface area (Å²) in [7, 11) is 4.26. The highest BCUT2D eigenvalue weighted by Gasteiger charge is 2.10. The fraction of sp³-hybridized carbons (Fsp3) is 0.200. The molecule has 2 rings (SSSR count). The summed E-state index contributed by atoms with van der Waals surface area (Å²) in [6, 6.07) is 6.24. The first-order valence-corrected chi connectivity index (χ1v) is 7.28. The summed E-state index contributed by atoms with van der Waals surface area (Å²) in [6.07, 6.45) is 2.77. The first kappa shape index (κ1) is 19.8. The van der Waals surface area contributed by atoms with Crippen molar-refractivity contribution in [2.75, 3.05) is 21.3 Å². The summed E-state index contributed by atoms with van der Waals surface area (Å²) >= 11 is 11.1. The minimum absolute atomic E-state index is 0.258. The number of ether oxygens (including phenoxy) is 1. The molecule has 0 saturated heterocycles. The molecular weight excluding hydrogens is 357 g/mol. The van der Waals surface area contributed by atoms with Crippen LogP contribution in [0.25, 0.3) is 0 Å². The molecule has 0 radical (unpaired) electrons. The zero-order valence-corrected chi connectivity index (χ0v) is 14.7. The Hall–Kier alpha value is -2.22. The van der Waals surface area contributed by atoms with E-state index in [0.717, 1.165) is 5.06 Å². The van der Waals surface area contributed by atoms with Crippen LogP contribution in [0.2, 0.25) is 10.3 Å². The van der Waals surface area contributed by atoms with E-state index >= 15 is 0 Å². The molecular formula is C15H15Cl2N3O4. The van der Waals surface area contributed by atoms with Gasteiger partial charge in [0, 0.05) is 19.4 Å². The maximum atomic E-state index is 11.4. The van der Waals surface area contributed by atoms with Crippen LogP contribution in [0.15, 0.2) is 36.7 Å². The van der Waals surface area contributed by atoms with E-state index in [2.05, 4.69) is 14.7 Å². The first-order valence-electron chi connectivity index (χ1n) is 6.52. The summed E-state index contributed by atoms with van der Waals surface area (Å²) in [5.41, 5.74) is 0.839. The van der Waals surface area contributed by atoms with Gasteiger partial charge >= 0.3 is 5.97 Å². The molecule has 9 heteroatoms. The number of nitrogens with zero attached hydrogens (tertiary/aromatic N) is 3. The summed E-state index contributed by atoms with van der Waals surface area (Å²) in [5, 5.41) is 1.83. The molecule has 1 amide bonds. The predicted molar refractivity (Wildman–Crippen MR) is 88.9 cm³/mol. The van der Waals surface area contributed by atoms with Crippen LogP contribution in [0.4, 0.5) is 0 Å². The smallest absolute Gasteiger partial charge is 0.339 e. The van der Waals surface area contributed by atoms with E-state index in [1.54, 1.807) is 18.2 Å². The average molecular weight is 372 g/mol. The highest BCUT2D eigenvalue weighted by atomic mass is 35.5.